The first-order valence-electron chi connectivity index (χ1n) is 6.82. The fourth-order valence-corrected chi connectivity index (χ4v) is 4.17. The molecule has 2 aliphatic carbocycles. The fraction of sp³-hybridized carbons (Fsp3) is 0.846. The number of hydrogen-bond acceptors (Lipinski definition) is 2. The zero-order chi connectivity index (χ0) is 12.8. The highest BCUT2D eigenvalue weighted by atomic mass is 35.5. The minimum atomic E-state index is -0.979. The van der Waals surface area contributed by atoms with Crippen LogP contribution in [0, 0.1) is 0 Å². The molecule has 0 aromatic rings. The van der Waals surface area contributed by atoms with E-state index in [4.69, 9.17) is 28.2 Å². The van der Waals surface area contributed by atoms with Gasteiger partial charge in [0.25, 0.3) is 0 Å². The molecule has 2 saturated carbocycles. The second kappa shape index (κ2) is 4.38. The summed E-state index contributed by atoms with van der Waals surface area (Å²) in [7, 11) is 0. The largest absolute Gasteiger partial charge is 0.330 e. The Morgan fingerprint density at radius 1 is 1.17 bits per heavy atom. The lowest BCUT2D eigenvalue weighted by Crippen LogP contribution is -2.64. The van der Waals surface area contributed by atoms with Gasteiger partial charge in [-0.25, -0.2) is 0 Å². The first kappa shape index (κ1) is 12.7. The average Bonchev–Trinajstić information content (AvgIpc) is 2.34. The van der Waals surface area contributed by atoms with Crippen molar-refractivity contribution >= 4 is 34.8 Å². The van der Waals surface area contributed by atoms with E-state index >= 15 is 0 Å². The maximum absolute atomic E-state index is 12.4. The Hall–Kier alpha value is -0.280. The van der Waals surface area contributed by atoms with Gasteiger partial charge < -0.3 is 5.32 Å². The lowest BCUT2D eigenvalue weighted by Gasteiger charge is -2.46. The molecule has 1 spiro atoms. The molecule has 0 aromatic heterocycles. The van der Waals surface area contributed by atoms with Crippen molar-refractivity contribution in [1.82, 2.24) is 5.32 Å². The van der Waals surface area contributed by atoms with E-state index < -0.39 is 10.5 Å². The Kier molecular flexibility index (Phi) is 3.10. The number of carbonyl (C=O) groups is 1. The van der Waals surface area contributed by atoms with Crippen LogP contribution in [-0.4, -0.2) is 27.5 Å². The summed E-state index contributed by atoms with van der Waals surface area (Å²) in [5, 5.41) is 2.90. The van der Waals surface area contributed by atoms with Gasteiger partial charge in [-0.2, -0.15) is 0 Å². The van der Waals surface area contributed by atoms with Crippen molar-refractivity contribution < 1.29 is 4.79 Å². The average molecular weight is 289 g/mol. The molecule has 0 aromatic carbocycles. The zero-order valence-electron chi connectivity index (χ0n) is 10.3. The van der Waals surface area contributed by atoms with Crippen LogP contribution in [0.4, 0.5) is 0 Å². The van der Waals surface area contributed by atoms with Crippen molar-refractivity contribution in [3.8, 4) is 0 Å². The van der Waals surface area contributed by atoms with Gasteiger partial charge in [0, 0.05) is 0 Å². The highest BCUT2D eigenvalue weighted by Crippen LogP contribution is 2.42. The second-order valence-corrected chi connectivity index (χ2v) is 6.88. The minimum Gasteiger partial charge on any atom is -0.330 e. The molecule has 1 amide bonds. The van der Waals surface area contributed by atoms with E-state index in [-0.39, 0.29) is 11.3 Å². The first-order valence-corrected chi connectivity index (χ1v) is 7.63. The summed E-state index contributed by atoms with van der Waals surface area (Å²) in [4.78, 5) is 16.2. The van der Waals surface area contributed by atoms with E-state index in [1.165, 1.54) is 6.42 Å². The standard InChI is InChI=1S/C13H18Cl2N2O/c14-9-5-4-8-13(15)10(9)16-12(17-11(13)18)6-2-1-3-7-12/h9H,1-8H2,(H,17,18)/t9-,13+/m0/s1. The lowest BCUT2D eigenvalue weighted by atomic mass is 9.80. The van der Waals surface area contributed by atoms with Gasteiger partial charge >= 0.3 is 0 Å². The summed E-state index contributed by atoms with van der Waals surface area (Å²) >= 11 is 12.8. The van der Waals surface area contributed by atoms with E-state index in [9.17, 15) is 4.79 Å². The van der Waals surface area contributed by atoms with Gasteiger partial charge in [0.2, 0.25) is 5.91 Å². The Morgan fingerprint density at radius 3 is 2.61 bits per heavy atom. The van der Waals surface area contributed by atoms with Crippen LogP contribution in [0.25, 0.3) is 0 Å². The van der Waals surface area contributed by atoms with Gasteiger partial charge in [0.15, 0.2) is 4.87 Å². The van der Waals surface area contributed by atoms with Crippen molar-refractivity contribution in [2.24, 2.45) is 4.99 Å². The molecule has 1 N–H and O–H groups in total. The van der Waals surface area contributed by atoms with Crippen molar-refractivity contribution in [3.05, 3.63) is 0 Å². The molecule has 2 atom stereocenters. The number of rotatable bonds is 0. The maximum atomic E-state index is 12.4. The summed E-state index contributed by atoms with van der Waals surface area (Å²) in [5.41, 5.74) is 0.316. The summed E-state index contributed by atoms with van der Waals surface area (Å²) in [6, 6.07) is 0. The van der Waals surface area contributed by atoms with Crippen LogP contribution in [0.3, 0.4) is 0 Å². The smallest absolute Gasteiger partial charge is 0.248 e. The van der Waals surface area contributed by atoms with Gasteiger partial charge in [0.1, 0.15) is 5.66 Å². The Morgan fingerprint density at radius 2 is 1.89 bits per heavy atom. The van der Waals surface area contributed by atoms with E-state index in [0.717, 1.165) is 44.2 Å². The quantitative estimate of drug-likeness (QED) is 0.684. The number of aliphatic imine (C=N–C) groups is 1. The Bertz CT molecular complexity index is 404. The van der Waals surface area contributed by atoms with Crippen molar-refractivity contribution in [1.29, 1.82) is 0 Å². The molecule has 0 bridgehead atoms. The Labute approximate surface area is 117 Å². The topological polar surface area (TPSA) is 41.5 Å². The van der Waals surface area contributed by atoms with Crippen molar-refractivity contribution in [2.75, 3.05) is 0 Å². The predicted octanol–water partition coefficient (Wildman–Crippen LogP) is 2.99. The molecule has 3 nitrogen and oxygen atoms in total. The van der Waals surface area contributed by atoms with Crippen LogP contribution in [0.15, 0.2) is 4.99 Å². The van der Waals surface area contributed by atoms with Crippen LogP contribution < -0.4 is 5.32 Å². The second-order valence-electron chi connectivity index (χ2n) is 5.70. The summed E-state index contributed by atoms with van der Waals surface area (Å²) in [6.45, 7) is 0. The van der Waals surface area contributed by atoms with Crippen LogP contribution in [0.2, 0.25) is 0 Å². The van der Waals surface area contributed by atoms with Crippen LogP contribution in [-0.2, 0) is 4.79 Å². The molecule has 0 radical (unpaired) electrons. The molecular weight excluding hydrogens is 271 g/mol. The van der Waals surface area contributed by atoms with Crippen LogP contribution in [0.5, 0.6) is 0 Å². The maximum Gasteiger partial charge on any atom is 0.248 e. The molecule has 2 fully saturated rings. The van der Waals surface area contributed by atoms with Crippen molar-refractivity contribution in [2.45, 2.75) is 67.3 Å². The fourth-order valence-electron chi connectivity index (χ4n) is 3.37. The van der Waals surface area contributed by atoms with Gasteiger partial charge in [-0.1, -0.05) is 6.42 Å². The molecule has 18 heavy (non-hydrogen) atoms. The summed E-state index contributed by atoms with van der Waals surface area (Å²) in [5.74, 6) is -0.0820. The van der Waals surface area contributed by atoms with Gasteiger partial charge in [-0.15, -0.1) is 23.2 Å². The summed E-state index contributed by atoms with van der Waals surface area (Å²) < 4.78 is 0. The number of halogens is 2. The van der Waals surface area contributed by atoms with Crippen molar-refractivity contribution in [3.63, 3.8) is 0 Å². The lowest BCUT2D eigenvalue weighted by molar-refractivity contribution is -0.125. The van der Waals surface area contributed by atoms with Gasteiger partial charge in [-0.05, 0) is 44.9 Å². The predicted molar refractivity (Wildman–Crippen MR) is 73.5 cm³/mol. The molecule has 0 saturated heterocycles. The normalized spacial score (nSPS) is 38.9. The number of nitrogens with zero attached hydrogens (tertiary/aromatic N) is 1. The monoisotopic (exact) mass is 288 g/mol. The van der Waals surface area contributed by atoms with Gasteiger partial charge in [-0.3, -0.25) is 9.79 Å². The molecule has 3 aliphatic rings. The molecule has 0 unspecified atom stereocenters. The molecule has 100 valence electrons. The van der Waals surface area contributed by atoms with E-state index in [2.05, 4.69) is 5.32 Å². The Balaban J connectivity index is 2.01. The molecule has 5 heteroatoms. The third-order valence-corrected chi connectivity index (χ3v) is 5.38. The number of alkyl halides is 2. The number of carbonyl (C=O) groups excluding carboxylic acids is 1. The summed E-state index contributed by atoms with van der Waals surface area (Å²) in [6.07, 6.45) is 7.68. The number of hydrogen-bond donors (Lipinski definition) is 1. The highest BCUT2D eigenvalue weighted by Gasteiger charge is 2.53. The SMILES string of the molecule is O=C1NC2(CCCCC2)N=C2[C@@H](Cl)CCC[C@]12Cl. The van der Waals surface area contributed by atoms with E-state index in [0.29, 0.717) is 6.42 Å². The van der Waals surface area contributed by atoms with E-state index in [1.54, 1.807) is 0 Å². The minimum absolute atomic E-state index is 0.0820. The van der Waals surface area contributed by atoms with Crippen LogP contribution >= 0.6 is 23.2 Å². The highest BCUT2D eigenvalue weighted by molar-refractivity contribution is 6.52. The van der Waals surface area contributed by atoms with E-state index in [1.807, 2.05) is 0 Å². The number of nitrogens with one attached hydrogen (secondary N) is 1. The third kappa shape index (κ3) is 1.87. The first-order chi connectivity index (χ1) is 8.56. The van der Waals surface area contributed by atoms with Crippen LogP contribution in [0.1, 0.15) is 51.4 Å². The number of fused-ring (bicyclic) bond motifs is 1. The molecule has 1 aliphatic heterocycles. The zero-order valence-corrected chi connectivity index (χ0v) is 11.9. The number of amides is 1. The van der Waals surface area contributed by atoms with Gasteiger partial charge in [0.05, 0.1) is 11.1 Å². The molecule has 3 rings (SSSR count). The third-order valence-electron chi connectivity index (χ3n) is 4.40. The molecule has 1 heterocycles. The molecular formula is C13H18Cl2N2O.